The summed E-state index contributed by atoms with van der Waals surface area (Å²) in [6.07, 6.45) is 2.62. The number of aldehydes is 1. The molecule has 2 fully saturated rings. The summed E-state index contributed by atoms with van der Waals surface area (Å²) in [6, 6.07) is 0. The minimum Gasteiger partial charge on any atom is -0.303 e. The van der Waals surface area contributed by atoms with Gasteiger partial charge in [-0.05, 0) is 12.3 Å². The first-order chi connectivity index (χ1) is 4.34. The van der Waals surface area contributed by atoms with Crippen molar-refractivity contribution in [1.29, 1.82) is 0 Å². The Morgan fingerprint density at radius 3 is 2.67 bits per heavy atom. The standard InChI is InChI=1S/C7H8O2/c8-3-5-4-1-2-6(9)7(4)5/h3-5,7H,1-2H2. The van der Waals surface area contributed by atoms with Crippen molar-refractivity contribution in [3.05, 3.63) is 0 Å². The Balaban J connectivity index is 2.14. The molecule has 0 spiro atoms. The van der Waals surface area contributed by atoms with Crippen molar-refractivity contribution < 1.29 is 9.59 Å². The summed E-state index contributed by atoms with van der Waals surface area (Å²) >= 11 is 0. The molecule has 9 heavy (non-hydrogen) atoms. The van der Waals surface area contributed by atoms with Gasteiger partial charge in [0.25, 0.3) is 0 Å². The molecule has 3 atom stereocenters. The van der Waals surface area contributed by atoms with Gasteiger partial charge in [-0.1, -0.05) is 0 Å². The fourth-order valence-corrected chi connectivity index (χ4v) is 1.89. The third kappa shape index (κ3) is 0.506. The van der Waals surface area contributed by atoms with Crippen LogP contribution in [0.4, 0.5) is 0 Å². The van der Waals surface area contributed by atoms with Crippen LogP contribution >= 0.6 is 0 Å². The fourth-order valence-electron chi connectivity index (χ4n) is 1.89. The normalized spacial score (nSPS) is 46.7. The maximum absolute atomic E-state index is 10.8. The zero-order valence-electron chi connectivity index (χ0n) is 5.04. The molecule has 0 N–H and O–H groups in total. The maximum atomic E-state index is 10.8. The second-order valence-corrected chi connectivity index (χ2v) is 2.91. The highest BCUT2D eigenvalue weighted by Gasteiger charge is 2.57. The van der Waals surface area contributed by atoms with Crippen molar-refractivity contribution in [3.8, 4) is 0 Å². The minimum atomic E-state index is 0.117. The molecule has 0 radical (unpaired) electrons. The van der Waals surface area contributed by atoms with Crippen molar-refractivity contribution in [2.45, 2.75) is 12.8 Å². The largest absolute Gasteiger partial charge is 0.303 e. The number of rotatable bonds is 1. The number of hydrogen-bond acceptors (Lipinski definition) is 2. The highest BCUT2D eigenvalue weighted by atomic mass is 16.1. The molecular weight excluding hydrogens is 116 g/mol. The summed E-state index contributed by atoms with van der Waals surface area (Å²) in [4.78, 5) is 21.0. The molecule has 3 unspecified atom stereocenters. The number of fused-ring (bicyclic) bond motifs is 1. The Bertz CT molecular complexity index is 174. The van der Waals surface area contributed by atoms with E-state index in [4.69, 9.17) is 0 Å². The van der Waals surface area contributed by atoms with Gasteiger partial charge in [-0.15, -0.1) is 0 Å². The fraction of sp³-hybridized carbons (Fsp3) is 0.714. The zero-order valence-corrected chi connectivity index (χ0v) is 5.04. The molecule has 0 aliphatic heterocycles. The third-order valence-electron chi connectivity index (χ3n) is 2.48. The molecule has 2 saturated carbocycles. The molecule has 2 rings (SSSR count). The Morgan fingerprint density at radius 2 is 2.33 bits per heavy atom. The molecule has 2 aliphatic carbocycles. The van der Waals surface area contributed by atoms with Crippen LogP contribution in [0.25, 0.3) is 0 Å². The lowest BCUT2D eigenvalue weighted by atomic mass is 10.1. The highest BCUT2D eigenvalue weighted by molar-refractivity contribution is 5.91. The van der Waals surface area contributed by atoms with E-state index in [9.17, 15) is 9.59 Å². The van der Waals surface area contributed by atoms with Crippen molar-refractivity contribution in [2.75, 3.05) is 0 Å². The molecule has 2 aliphatic rings. The van der Waals surface area contributed by atoms with Crippen LogP contribution < -0.4 is 0 Å². The topological polar surface area (TPSA) is 34.1 Å². The first-order valence-electron chi connectivity index (χ1n) is 3.32. The summed E-state index contributed by atoms with van der Waals surface area (Å²) in [7, 11) is 0. The van der Waals surface area contributed by atoms with E-state index in [0.717, 1.165) is 19.1 Å². The number of hydrogen-bond donors (Lipinski definition) is 0. The molecular formula is C7H8O2. The number of carbonyl (C=O) groups is 2. The molecule has 0 amide bonds. The average Bonchev–Trinajstić information content (AvgIpc) is 2.46. The molecule has 0 aromatic rings. The summed E-state index contributed by atoms with van der Waals surface area (Å²) in [5, 5.41) is 0. The van der Waals surface area contributed by atoms with Crippen LogP contribution in [0.2, 0.25) is 0 Å². The molecule has 0 aromatic heterocycles. The summed E-state index contributed by atoms with van der Waals surface area (Å²) in [5.74, 6) is 1.04. The Kier molecular flexibility index (Phi) is 0.821. The van der Waals surface area contributed by atoms with Gasteiger partial charge >= 0.3 is 0 Å². The third-order valence-corrected chi connectivity index (χ3v) is 2.48. The summed E-state index contributed by atoms with van der Waals surface area (Å²) in [6.45, 7) is 0. The van der Waals surface area contributed by atoms with Crippen LogP contribution in [0, 0.1) is 17.8 Å². The van der Waals surface area contributed by atoms with E-state index in [1.807, 2.05) is 0 Å². The van der Waals surface area contributed by atoms with Crippen LogP contribution in [0.5, 0.6) is 0 Å². The predicted octanol–water partition coefficient (Wildman–Crippen LogP) is 0.410. The first-order valence-corrected chi connectivity index (χ1v) is 3.32. The lowest BCUT2D eigenvalue weighted by Gasteiger charge is -1.89. The Hall–Kier alpha value is -0.660. The van der Waals surface area contributed by atoms with E-state index in [2.05, 4.69) is 0 Å². The summed E-state index contributed by atoms with van der Waals surface area (Å²) in [5.41, 5.74) is 0. The van der Waals surface area contributed by atoms with Crippen molar-refractivity contribution in [1.82, 2.24) is 0 Å². The molecule has 48 valence electrons. The van der Waals surface area contributed by atoms with Crippen molar-refractivity contribution in [3.63, 3.8) is 0 Å². The van der Waals surface area contributed by atoms with Crippen LogP contribution in [0.1, 0.15) is 12.8 Å². The average molecular weight is 124 g/mol. The second-order valence-electron chi connectivity index (χ2n) is 2.91. The predicted molar refractivity (Wildman–Crippen MR) is 30.8 cm³/mol. The number of ketones is 1. The van der Waals surface area contributed by atoms with Gasteiger partial charge in [0.15, 0.2) is 0 Å². The van der Waals surface area contributed by atoms with E-state index in [1.54, 1.807) is 0 Å². The first kappa shape index (κ1) is 5.15. The van der Waals surface area contributed by atoms with Gasteiger partial charge in [-0.3, -0.25) is 4.79 Å². The second kappa shape index (κ2) is 1.43. The van der Waals surface area contributed by atoms with E-state index in [1.165, 1.54) is 0 Å². The SMILES string of the molecule is O=CC1C2CCC(=O)C12. The van der Waals surface area contributed by atoms with Gasteiger partial charge in [0.1, 0.15) is 12.1 Å². The van der Waals surface area contributed by atoms with E-state index in [0.29, 0.717) is 11.7 Å². The molecule has 0 heterocycles. The monoisotopic (exact) mass is 124 g/mol. The molecule has 2 nitrogen and oxygen atoms in total. The highest BCUT2D eigenvalue weighted by Crippen LogP contribution is 2.54. The van der Waals surface area contributed by atoms with Gasteiger partial charge in [0.05, 0.1) is 0 Å². The molecule has 0 bridgehead atoms. The quantitative estimate of drug-likeness (QED) is 0.474. The van der Waals surface area contributed by atoms with E-state index >= 15 is 0 Å². The van der Waals surface area contributed by atoms with Gasteiger partial charge in [-0.25, -0.2) is 0 Å². The zero-order chi connectivity index (χ0) is 6.43. The minimum absolute atomic E-state index is 0.117. The smallest absolute Gasteiger partial charge is 0.137 e. The van der Waals surface area contributed by atoms with Crippen LogP contribution in [-0.4, -0.2) is 12.1 Å². The number of Topliss-reactive ketones (excluding diaryl/α,β-unsaturated/α-hetero) is 1. The van der Waals surface area contributed by atoms with Crippen LogP contribution in [0.3, 0.4) is 0 Å². The van der Waals surface area contributed by atoms with Gasteiger partial charge in [-0.2, -0.15) is 0 Å². The Labute approximate surface area is 53.2 Å². The lowest BCUT2D eigenvalue weighted by molar-refractivity contribution is -0.121. The van der Waals surface area contributed by atoms with Gasteiger partial charge < -0.3 is 4.79 Å². The molecule has 0 saturated heterocycles. The summed E-state index contributed by atoms with van der Waals surface area (Å²) < 4.78 is 0. The van der Waals surface area contributed by atoms with E-state index < -0.39 is 0 Å². The molecule has 0 aromatic carbocycles. The van der Waals surface area contributed by atoms with Crippen LogP contribution in [0.15, 0.2) is 0 Å². The maximum Gasteiger partial charge on any atom is 0.137 e. The van der Waals surface area contributed by atoms with Gasteiger partial charge in [0.2, 0.25) is 0 Å². The van der Waals surface area contributed by atoms with Crippen molar-refractivity contribution >= 4 is 12.1 Å². The Morgan fingerprint density at radius 1 is 1.56 bits per heavy atom. The lowest BCUT2D eigenvalue weighted by Crippen LogP contribution is -1.99. The van der Waals surface area contributed by atoms with Crippen molar-refractivity contribution in [2.24, 2.45) is 17.8 Å². The van der Waals surface area contributed by atoms with Crippen LogP contribution in [-0.2, 0) is 9.59 Å². The van der Waals surface area contributed by atoms with Gasteiger partial charge in [0, 0.05) is 18.3 Å². The van der Waals surface area contributed by atoms with E-state index in [-0.39, 0.29) is 11.8 Å². The number of carbonyl (C=O) groups excluding carboxylic acids is 2. The molecule has 2 heteroatoms.